The van der Waals surface area contributed by atoms with Gasteiger partial charge in [-0.05, 0) is 65.1 Å². The van der Waals surface area contributed by atoms with Crippen LogP contribution < -0.4 is 4.90 Å². The van der Waals surface area contributed by atoms with E-state index in [2.05, 4.69) is 84.1 Å². The van der Waals surface area contributed by atoms with Crippen LogP contribution in [0.5, 0.6) is 0 Å². The molecule has 0 fully saturated rings. The molecule has 3 aromatic rings. The molecular formula is C15H13IN2S. The number of nitrogens with zero attached hydrogens (tertiary/aromatic N) is 2. The van der Waals surface area contributed by atoms with E-state index in [4.69, 9.17) is 4.98 Å². The fourth-order valence-electron chi connectivity index (χ4n) is 1.92. The summed E-state index contributed by atoms with van der Waals surface area (Å²) in [6.45, 7) is 0. The predicted octanol–water partition coefficient (Wildman–Crippen LogP) is 4.63. The minimum Gasteiger partial charge on any atom is -0.378 e. The van der Waals surface area contributed by atoms with Crippen molar-refractivity contribution in [2.24, 2.45) is 0 Å². The largest absolute Gasteiger partial charge is 0.378 e. The van der Waals surface area contributed by atoms with Crippen molar-refractivity contribution in [3.8, 4) is 10.6 Å². The predicted molar refractivity (Wildman–Crippen MR) is 92.1 cm³/mol. The van der Waals surface area contributed by atoms with Gasteiger partial charge in [0.05, 0.1) is 10.2 Å². The maximum atomic E-state index is 4.70. The van der Waals surface area contributed by atoms with Crippen molar-refractivity contribution >= 4 is 49.8 Å². The van der Waals surface area contributed by atoms with Crippen LogP contribution in [0.4, 0.5) is 5.69 Å². The number of rotatable bonds is 2. The van der Waals surface area contributed by atoms with Crippen molar-refractivity contribution in [2.45, 2.75) is 0 Å². The van der Waals surface area contributed by atoms with Gasteiger partial charge in [0.15, 0.2) is 0 Å². The van der Waals surface area contributed by atoms with Crippen LogP contribution >= 0.6 is 33.9 Å². The maximum absolute atomic E-state index is 4.70. The summed E-state index contributed by atoms with van der Waals surface area (Å²) in [4.78, 5) is 6.80. The molecule has 0 aliphatic carbocycles. The van der Waals surface area contributed by atoms with Gasteiger partial charge in [-0.25, -0.2) is 4.98 Å². The molecule has 0 aliphatic heterocycles. The van der Waals surface area contributed by atoms with Gasteiger partial charge >= 0.3 is 0 Å². The van der Waals surface area contributed by atoms with Crippen molar-refractivity contribution in [3.63, 3.8) is 0 Å². The molecule has 0 unspecified atom stereocenters. The van der Waals surface area contributed by atoms with Gasteiger partial charge in [0, 0.05) is 28.9 Å². The lowest BCUT2D eigenvalue weighted by atomic mass is 10.2. The first kappa shape index (κ1) is 12.9. The van der Waals surface area contributed by atoms with Gasteiger partial charge < -0.3 is 4.90 Å². The highest BCUT2D eigenvalue weighted by atomic mass is 131. The standard InChI is InChI=1S/C15H13IN2S/c1-18(2)12-6-3-10(4-7-12)15-17-13-8-5-11(16)9-14(13)19-15/h3-9H,1-2H3/i16+4. The zero-order valence-corrected chi connectivity index (χ0v) is 13.7. The van der Waals surface area contributed by atoms with Crippen molar-refractivity contribution in [1.82, 2.24) is 4.98 Å². The third-order valence-corrected chi connectivity index (χ3v) is 4.72. The van der Waals surface area contributed by atoms with E-state index in [1.807, 2.05) is 0 Å². The first-order valence-corrected chi connectivity index (χ1v) is 7.87. The number of benzene rings is 2. The second-order valence-corrected chi connectivity index (χ2v) is 6.85. The van der Waals surface area contributed by atoms with Crippen molar-refractivity contribution in [2.75, 3.05) is 19.0 Å². The zero-order valence-electron chi connectivity index (χ0n) is 10.7. The Bertz CT molecular complexity index is 717. The molecule has 2 aromatic carbocycles. The third kappa shape index (κ3) is 2.60. The molecule has 2 nitrogen and oxygen atoms in total. The number of halogens is 1. The van der Waals surface area contributed by atoms with Crippen molar-refractivity contribution < 1.29 is 0 Å². The van der Waals surface area contributed by atoms with E-state index in [1.165, 1.54) is 19.5 Å². The number of anilines is 1. The molecule has 0 amide bonds. The van der Waals surface area contributed by atoms with Gasteiger partial charge in [0.1, 0.15) is 5.01 Å². The summed E-state index contributed by atoms with van der Waals surface area (Å²) in [7, 11) is 4.10. The highest BCUT2D eigenvalue weighted by molar-refractivity contribution is 14.1. The Labute approximate surface area is 130 Å². The molecule has 0 saturated carbocycles. The van der Waals surface area contributed by atoms with Crippen LogP contribution in [0.25, 0.3) is 20.8 Å². The number of hydrogen-bond acceptors (Lipinski definition) is 3. The highest BCUT2D eigenvalue weighted by Crippen LogP contribution is 2.31. The maximum Gasteiger partial charge on any atom is 0.124 e. The van der Waals surface area contributed by atoms with E-state index in [0.29, 0.717) is 0 Å². The van der Waals surface area contributed by atoms with E-state index < -0.39 is 0 Å². The number of thiazole rings is 1. The number of aromatic nitrogens is 1. The van der Waals surface area contributed by atoms with E-state index in [9.17, 15) is 0 Å². The average molecular weight is 384 g/mol. The van der Waals surface area contributed by atoms with E-state index >= 15 is 0 Å². The molecule has 0 spiro atoms. The number of fused-ring (bicyclic) bond motifs is 1. The summed E-state index contributed by atoms with van der Waals surface area (Å²) in [5.41, 5.74) is 3.47. The van der Waals surface area contributed by atoms with Crippen LogP contribution in [0.1, 0.15) is 0 Å². The minimum atomic E-state index is 1.08. The molecule has 0 aliphatic rings. The van der Waals surface area contributed by atoms with Crippen molar-refractivity contribution in [3.05, 3.63) is 46.0 Å². The minimum absolute atomic E-state index is 1.08. The van der Waals surface area contributed by atoms with Gasteiger partial charge in [-0.3, -0.25) is 0 Å². The summed E-state index contributed by atoms with van der Waals surface area (Å²) in [6.07, 6.45) is 0. The van der Waals surface area contributed by atoms with E-state index in [0.717, 1.165) is 10.5 Å². The third-order valence-electron chi connectivity index (χ3n) is 2.98. The van der Waals surface area contributed by atoms with Crippen LogP contribution in [0.15, 0.2) is 42.5 Å². The van der Waals surface area contributed by atoms with Gasteiger partial charge in [-0.1, -0.05) is 0 Å². The highest BCUT2D eigenvalue weighted by Gasteiger charge is 2.06. The van der Waals surface area contributed by atoms with Gasteiger partial charge in [0.25, 0.3) is 0 Å². The quantitative estimate of drug-likeness (QED) is 0.599. The first-order valence-electron chi connectivity index (χ1n) is 5.97. The van der Waals surface area contributed by atoms with Gasteiger partial charge in [0.2, 0.25) is 0 Å². The fraction of sp³-hybridized carbons (Fsp3) is 0.133. The summed E-state index contributed by atoms with van der Waals surface area (Å²) >= 11 is 4.09. The lowest BCUT2D eigenvalue weighted by molar-refractivity contribution is 1.13. The second kappa shape index (κ2) is 5.09. The molecule has 1 aromatic heterocycles. The molecule has 4 heteroatoms. The van der Waals surface area contributed by atoms with E-state index in [1.54, 1.807) is 11.3 Å². The van der Waals surface area contributed by atoms with Crippen LogP contribution in [-0.2, 0) is 0 Å². The van der Waals surface area contributed by atoms with Gasteiger partial charge in [-0.2, -0.15) is 0 Å². The lowest BCUT2D eigenvalue weighted by Crippen LogP contribution is -2.07. The number of hydrogen-bond donors (Lipinski definition) is 0. The van der Waals surface area contributed by atoms with Crippen LogP contribution in [-0.4, -0.2) is 19.1 Å². The molecule has 0 bridgehead atoms. The molecule has 1 heterocycles. The van der Waals surface area contributed by atoms with Crippen LogP contribution in [0, 0.1) is 3.57 Å². The Morgan fingerprint density at radius 1 is 1.05 bits per heavy atom. The molecule has 96 valence electrons. The van der Waals surface area contributed by atoms with Gasteiger partial charge in [-0.15, -0.1) is 11.3 Å². The second-order valence-electron chi connectivity index (χ2n) is 4.57. The molecule has 0 atom stereocenters. The van der Waals surface area contributed by atoms with Crippen LogP contribution in [0.3, 0.4) is 0 Å². The van der Waals surface area contributed by atoms with Crippen molar-refractivity contribution in [1.29, 1.82) is 0 Å². The molecule has 19 heavy (non-hydrogen) atoms. The molecule has 0 radical (unpaired) electrons. The Kier molecular flexibility index (Phi) is 3.45. The topological polar surface area (TPSA) is 16.1 Å². The van der Waals surface area contributed by atoms with E-state index in [-0.39, 0.29) is 0 Å². The average Bonchev–Trinajstić information content (AvgIpc) is 2.81. The Morgan fingerprint density at radius 3 is 2.47 bits per heavy atom. The summed E-state index contributed by atoms with van der Waals surface area (Å²) < 4.78 is 2.50. The summed E-state index contributed by atoms with van der Waals surface area (Å²) in [5.74, 6) is 0. The normalized spacial score (nSPS) is 10.9. The Hall–Kier alpha value is -1.14. The molecule has 0 N–H and O–H groups in total. The SMILES string of the molecule is CN(C)c1ccc(-c2nc3ccc([131I])cc3s2)cc1. The Balaban J connectivity index is 2.03. The van der Waals surface area contributed by atoms with Crippen LogP contribution in [0.2, 0.25) is 0 Å². The smallest absolute Gasteiger partial charge is 0.124 e. The first-order chi connectivity index (χ1) is 9.13. The fourth-order valence-corrected chi connectivity index (χ4v) is 3.64. The summed E-state index contributed by atoms with van der Waals surface area (Å²) in [5, 5.41) is 1.09. The molecule has 0 saturated heterocycles. The Morgan fingerprint density at radius 2 is 1.79 bits per heavy atom. The monoisotopic (exact) mass is 384 g/mol. The molecule has 3 rings (SSSR count). The lowest BCUT2D eigenvalue weighted by Gasteiger charge is -2.11. The molecular weight excluding hydrogens is 371 g/mol. The zero-order chi connectivity index (χ0) is 13.4. The summed E-state index contributed by atoms with van der Waals surface area (Å²) in [6, 6.07) is 14.9.